The molecule has 0 aliphatic carbocycles. The number of halogens is 2. The van der Waals surface area contributed by atoms with Crippen molar-refractivity contribution in [3.8, 4) is 23.0 Å². The van der Waals surface area contributed by atoms with Crippen molar-refractivity contribution in [3.63, 3.8) is 0 Å². The van der Waals surface area contributed by atoms with E-state index in [1.165, 1.54) is 33.5 Å². The van der Waals surface area contributed by atoms with Gasteiger partial charge in [0.2, 0.25) is 11.7 Å². The van der Waals surface area contributed by atoms with Gasteiger partial charge in [0.15, 0.2) is 11.5 Å². The number of rotatable bonds is 9. The molecule has 0 spiro atoms. The second kappa shape index (κ2) is 9.77. The molecule has 2 rings (SSSR count). The molecule has 0 atom stereocenters. The predicted molar refractivity (Wildman–Crippen MR) is 99.4 cm³/mol. The van der Waals surface area contributed by atoms with Crippen LogP contribution in [0.15, 0.2) is 36.4 Å². The second-order valence-corrected chi connectivity index (χ2v) is 5.94. The molecule has 0 aliphatic rings. The van der Waals surface area contributed by atoms with Gasteiger partial charge >= 0.3 is 6.61 Å². The Morgan fingerprint density at radius 1 is 0.964 bits per heavy atom. The molecule has 2 aromatic carbocycles. The molecule has 0 saturated carbocycles. The lowest BCUT2D eigenvalue weighted by atomic mass is 10.1. The molecule has 0 fully saturated rings. The summed E-state index contributed by atoms with van der Waals surface area (Å²) in [6.45, 7) is -2.55. The number of carbonyl (C=O) groups is 1. The summed E-state index contributed by atoms with van der Waals surface area (Å²) < 4.78 is 44.7. The minimum atomic E-state index is -2.87. The van der Waals surface area contributed by atoms with Crippen LogP contribution in [0.2, 0.25) is 0 Å². The number of alkyl halides is 2. The average molecular weight is 395 g/mol. The van der Waals surface area contributed by atoms with Gasteiger partial charge in [-0.2, -0.15) is 8.78 Å². The van der Waals surface area contributed by atoms with Gasteiger partial charge in [0.1, 0.15) is 5.75 Å². The molecule has 1 amide bonds. The van der Waals surface area contributed by atoms with Crippen LogP contribution in [0.1, 0.15) is 11.1 Å². The van der Waals surface area contributed by atoms with Gasteiger partial charge in [0.05, 0.1) is 27.8 Å². The fraction of sp³-hybridized carbons (Fsp3) is 0.350. The number of carbonyl (C=O) groups excluding carboxylic acids is 1. The standard InChI is InChI=1S/C20H23F2NO5/c1-23(12-13-5-8-15(9-6-13)28-20(21)22)17(24)11-14-7-10-16(25-2)19(27-4)18(14)26-3/h5-10,20H,11-12H2,1-4H3. The first-order valence-corrected chi connectivity index (χ1v) is 8.45. The summed E-state index contributed by atoms with van der Waals surface area (Å²) in [4.78, 5) is 14.2. The highest BCUT2D eigenvalue weighted by Gasteiger charge is 2.19. The van der Waals surface area contributed by atoms with Crippen molar-refractivity contribution in [2.24, 2.45) is 0 Å². The third kappa shape index (κ3) is 5.25. The maximum Gasteiger partial charge on any atom is 0.387 e. The molecule has 0 bridgehead atoms. The molecule has 0 aliphatic heterocycles. The maximum absolute atomic E-state index is 12.6. The van der Waals surface area contributed by atoms with Gasteiger partial charge in [0, 0.05) is 19.2 Å². The van der Waals surface area contributed by atoms with Gasteiger partial charge in [-0.05, 0) is 23.8 Å². The summed E-state index contributed by atoms with van der Waals surface area (Å²) in [5.74, 6) is 1.31. The largest absolute Gasteiger partial charge is 0.493 e. The number of ether oxygens (including phenoxy) is 4. The van der Waals surface area contributed by atoms with E-state index in [2.05, 4.69) is 4.74 Å². The lowest BCUT2D eigenvalue weighted by Gasteiger charge is -2.20. The summed E-state index contributed by atoms with van der Waals surface area (Å²) in [7, 11) is 6.18. The monoisotopic (exact) mass is 395 g/mol. The SMILES string of the molecule is COc1ccc(CC(=O)N(C)Cc2ccc(OC(F)F)cc2)c(OC)c1OC. The summed E-state index contributed by atoms with van der Waals surface area (Å²) in [5, 5.41) is 0. The zero-order chi connectivity index (χ0) is 20.7. The number of hydrogen-bond acceptors (Lipinski definition) is 5. The minimum Gasteiger partial charge on any atom is -0.493 e. The highest BCUT2D eigenvalue weighted by Crippen LogP contribution is 2.40. The van der Waals surface area contributed by atoms with E-state index in [0.29, 0.717) is 29.4 Å². The van der Waals surface area contributed by atoms with Crippen LogP contribution in [0.3, 0.4) is 0 Å². The fourth-order valence-electron chi connectivity index (χ4n) is 2.74. The average Bonchev–Trinajstić information content (AvgIpc) is 2.68. The van der Waals surface area contributed by atoms with E-state index in [9.17, 15) is 13.6 Å². The Bertz CT molecular complexity index is 796. The number of hydrogen-bond donors (Lipinski definition) is 0. The molecule has 0 heterocycles. The van der Waals surface area contributed by atoms with Crippen molar-refractivity contribution in [2.45, 2.75) is 19.6 Å². The molecule has 0 N–H and O–H groups in total. The van der Waals surface area contributed by atoms with E-state index in [-0.39, 0.29) is 18.1 Å². The third-order valence-electron chi connectivity index (χ3n) is 4.12. The molecule has 8 heteroatoms. The number of benzene rings is 2. The molecule has 152 valence electrons. The fourth-order valence-corrected chi connectivity index (χ4v) is 2.74. The highest BCUT2D eigenvalue weighted by molar-refractivity contribution is 5.80. The van der Waals surface area contributed by atoms with E-state index in [0.717, 1.165) is 5.56 Å². The quantitative estimate of drug-likeness (QED) is 0.650. The number of nitrogens with zero attached hydrogens (tertiary/aromatic N) is 1. The molecule has 0 aromatic heterocycles. The Labute approximate surface area is 162 Å². The van der Waals surface area contributed by atoms with E-state index in [1.54, 1.807) is 36.2 Å². The van der Waals surface area contributed by atoms with Crippen LogP contribution < -0.4 is 18.9 Å². The van der Waals surface area contributed by atoms with E-state index >= 15 is 0 Å². The van der Waals surface area contributed by atoms with Crippen LogP contribution in [-0.4, -0.2) is 45.8 Å². The van der Waals surface area contributed by atoms with Gasteiger partial charge < -0.3 is 23.8 Å². The lowest BCUT2D eigenvalue weighted by molar-refractivity contribution is -0.129. The van der Waals surface area contributed by atoms with Crippen LogP contribution in [0.5, 0.6) is 23.0 Å². The zero-order valence-corrected chi connectivity index (χ0v) is 16.2. The lowest BCUT2D eigenvalue weighted by Crippen LogP contribution is -2.27. The van der Waals surface area contributed by atoms with Gasteiger partial charge in [-0.25, -0.2) is 0 Å². The van der Waals surface area contributed by atoms with Gasteiger partial charge in [-0.1, -0.05) is 18.2 Å². The van der Waals surface area contributed by atoms with Crippen molar-refractivity contribution >= 4 is 5.91 Å². The molecular formula is C20H23F2NO5. The van der Waals surface area contributed by atoms with Crippen LogP contribution in [-0.2, 0) is 17.8 Å². The maximum atomic E-state index is 12.6. The minimum absolute atomic E-state index is 0.0720. The molecule has 28 heavy (non-hydrogen) atoms. The van der Waals surface area contributed by atoms with Crippen molar-refractivity contribution < 1.29 is 32.5 Å². The molecule has 0 saturated heterocycles. The van der Waals surface area contributed by atoms with E-state index < -0.39 is 6.61 Å². The zero-order valence-electron chi connectivity index (χ0n) is 16.2. The highest BCUT2D eigenvalue weighted by atomic mass is 19.3. The van der Waals surface area contributed by atoms with Crippen LogP contribution in [0.4, 0.5) is 8.78 Å². The van der Waals surface area contributed by atoms with Crippen molar-refractivity contribution in [2.75, 3.05) is 28.4 Å². The number of likely N-dealkylation sites (N-methyl/N-ethyl adjacent to an activating group) is 1. The number of methoxy groups -OCH3 is 3. The second-order valence-electron chi connectivity index (χ2n) is 5.94. The van der Waals surface area contributed by atoms with Gasteiger partial charge in [0.25, 0.3) is 0 Å². The van der Waals surface area contributed by atoms with Crippen molar-refractivity contribution in [1.82, 2.24) is 4.90 Å². The topological polar surface area (TPSA) is 57.2 Å². The van der Waals surface area contributed by atoms with E-state index in [1.807, 2.05) is 0 Å². The van der Waals surface area contributed by atoms with Crippen molar-refractivity contribution in [3.05, 3.63) is 47.5 Å². The summed E-state index contributed by atoms with van der Waals surface area (Å²) in [6.07, 6.45) is 0.104. The Hall–Kier alpha value is -3.03. The summed E-state index contributed by atoms with van der Waals surface area (Å²) in [6, 6.07) is 9.62. The number of amides is 1. The van der Waals surface area contributed by atoms with Crippen LogP contribution >= 0.6 is 0 Å². The predicted octanol–water partition coefficient (Wildman–Crippen LogP) is 3.51. The first kappa shape index (κ1) is 21.3. The first-order chi connectivity index (χ1) is 13.4. The van der Waals surface area contributed by atoms with Gasteiger partial charge in [-0.3, -0.25) is 4.79 Å². The third-order valence-corrected chi connectivity index (χ3v) is 4.12. The Balaban J connectivity index is 2.08. The Kier molecular flexibility index (Phi) is 7.43. The van der Waals surface area contributed by atoms with Crippen LogP contribution in [0, 0.1) is 0 Å². The summed E-state index contributed by atoms with van der Waals surface area (Å²) >= 11 is 0. The van der Waals surface area contributed by atoms with Gasteiger partial charge in [-0.15, -0.1) is 0 Å². The molecule has 0 radical (unpaired) electrons. The van der Waals surface area contributed by atoms with Crippen LogP contribution in [0.25, 0.3) is 0 Å². The smallest absolute Gasteiger partial charge is 0.387 e. The Morgan fingerprint density at radius 3 is 2.14 bits per heavy atom. The normalized spacial score (nSPS) is 10.5. The molecule has 2 aromatic rings. The van der Waals surface area contributed by atoms with E-state index in [4.69, 9.17) is 14.2 Å². The molecule has 0 unspecified atom stereocenters. The Morgan fingerprint density at radius 2 is 1.61 bits per heavy atom. The molecule has 6 nitrogen and oxygen atoms in total. The van der Waals surface area contributed by atoms with Crippen molar-refractivity contribution in [1.29, 1.82) is 0 Å². The molecular weight excluding hydrogens is 372 g/mol. The first-order valence-electron chi connectivity index (χ1n) is 8.45. The summed E-state index contributed by atoms with van der Waals surface area (Å²) in [5.41, 5.74) is 1.45.